The van der Waals surface area contributed by atoms with Gasteiger partial charge in [0.2, 0.25) is 11.9 Å². The summed E-state index contributed by atoms with van der Waals surface area (Å²) in [5.41, 5.74) is 7.62. The number of benzene rings is 2. The maximum absolute atomic E-state index is 13.4. The van der Waals surface area contributed by atoms with Crippen LogP contribution in [0.5, 0.6) is 11.5 Å². The number of anilines is 4. The van der Waals surface area contributed by atoms with Gasteiger partial charge in [0, 0.05) is 125 Å². The van der Waals surface area contributed by atoms with E-state index < -0.39 is 0 Å². The lowest BCUT2D eigenvalue weighted by atomic mass is 10.1. The van der Waals surface area contributed by atoms with Crippen LogP contribution >= 0.6 is 0 Å². The van der Waals surface area contributed by atoms with Crippen LogP contribution in [0.3, 0.4) is 0 Å². The summed E-state index contributed by atoms with van der Waals surface area (Å²) < 4.78 is 40.0. The monoisotopic (exact) mass is 938 g/mol. The molecule has 0 amide bonds. The van der Waals surface area contributed by atoms with Gasteiger partial charge >= 0.3 is 0 Å². The molecule has 2 aliphatic rings. The second-order valence-corrected chi connectivity index (χ2v) is 17.3. The SMILES string of the molecule is Cn1cc(-c2cc3c(N4CCN(c5ncc(Oc6ccc(F)cc6)cn5)CC4)nc(Cn4cc(-c5cc6c(N7CCN(c8ncc(Cc9ccc(F)cc9)cn8)CC7)ncnn6c5)cn4)nn3c2)cn1. The highest BCUT2D eigenvalue weighted by atomic mass is 19.1. The van der Waals surface area contributed by atoms with E-state index in [1.165, 1.54) is 24.3 Å². The van der Waals surface area contributed by atoms with E-state index in [1.54, 1.807) is 47.7 Å². The molecule has 2 saturated heterocycles. The van der Waals surface area contributed by atoms with Gasteiger partial charge < -0.3 is 24.3 Å². The zero-order valence-corrected chi connectivity index (χ0v) is 37.9. The molecule has 8 aromatic heterocycles. The molecule has 19 nitrogen and oxygen atoms in total. The number of aromatic nitrogens is 14. The van der Waals surface area contributed by atoms with E-state index in [2.05, 4.69) is 61.9 Å². The minimum Gasteiger partial charge on any atom is -0.454 e. The number of nitrogens with zero attached hydrogens (tertiary/aromatic N) is 18. The summed E-state index contributed by atoms with van der Waals surface area (Å²) in [6, 6.07) is 16.5. The van der Waals surface area contributed by atoms with Crippen molar-refractivity contribution in [3.05, 3.63) is 158 Å². The van der Waals surface area contributed by atoms with Crippen LogP contribution in [0.4, 0.5) is 32.3 Å². The minimum atomic E-state index is -0.329. The van der Waals surface area contributed by atoms with Gasteiger partial charge in [-0.25, -0.2) is 47.7 Å². The third kappa shape index (κ3) is 8.74. The summed E-state index contributed by atoms with van der Waals surface area (Å²) in [6.07, 6.45) is 20.9. The Balaban J connectivity index is 0.733. The maximum Gasteiger partial charge on any atom is 0.225 e. The topological polar surface area (TPSA) is 170 Å². The van der Waals surface area contributed by atoms with Crippen molar-refractivity contribution in [2.75, 3.05) is 72.0 Å². The number of halogens is 2. The normalized spacial score (nSPS) is 14.3. The molecule has 0 saturated carbocycles. The van der Waals surface area contributed by atoms with Gasteiger partial charge in [0.15, 0.2) is 23.2 Å². The molecule has 0 bridgehead atoms. The van der Waals surface area contributed by atoms with Gasteiger partial charge in [0.05, 0.1) is 24.8 Å². The van der Waals surface area contributed by atoms with E-state index in [0.717, 1.165) is 82.2 Å². The molecular weight excluding hydrogens is 895 g/mol. The van der Waals surface area contributed by atoms with Crippen molar-refractivity contribution in [2.45, 2.75) is 13.0 Å². The summed E-state index contributed by atoms with van der Waals surface area (Å²) >= 11 is 0. The van der Waals surface area contributed by atoms with E-state index in [4.69, 9.17) is 24.9 Å². The Bertz CT molecular complexity index is 3430. The molecule has 350 valence electrons. The van der Waals surface area contributed by atoms with Crippen LogP contribution in [0.1, 0.15) is 17.0 Å². The van der Waals surface area contributed by atoms with Crippen molar-refractivity contribution < 1.29 is 13.5 Å². The van der Waals surface area contributed by atoms with Gasteiger partial charge in [-0.05, 0) is 59.7 Å². The van der Waals surface area contributed by atoms with Crippen molar-refractivity contribution in [3.8, 4) is 33.8 Å². The molecule has 0 unspecified atom stereocenters. The van der Waals surface area contributed by atoms with E-state index in [9.17, 15) is 8.78 Å². The molecule has 2 aliphatic heterocycles. The summed E-state index contributed by atoms with van der Waals surface area (Å²) in [4.78, 5) is 37.3. The number of rotatable bonds is 12. The number of hydrogen-bond acceptors (Lipinski definition) is 15. The molecule has 70 heavy (non-hydrogen) atoms. The zero-order valence-electron chi connectivity index (χ0n) is 37.9. The summed E-state index contributed by atoms with van der Waals surface area (Å²) in [6.45, 7) is 5.96. The first-order valence-corrected chi connectivity index (χ1v) is 22.9. The van der Waals surface area contributed by atoms with Crippen molar-refractivity contribution in [2.24, 2.45) is 7.05 Å². The summed E-state index contributed by atoms with van der Waals surface area (Å²) in [5.74, 6) is 3.97. The molecule has 0 aliphatic carbocycles. The van der Waals surface area contributed by atoms with Crippen LogP contribution < -0.4 is 24.3 Å². The highest BCUT2D eigenvalue weighted by molar-refractivity contribution is 5.78. The average Bonchev–Trinajstić information content (AvgIpc) is 4.23. The fourth-order valence-electron chi connectivity index (χ4n) is 8.96. The number of fused-ring (bicyclic) bond motifs is 2. The quantitative estimate of drug-likeness (QED) is 0.140. The smallest absolute Gasteiger partial charge is 0.225 e. The third-order valence-electron chi connectivity index (χ3n) is 12.6. The first kappa shape index (κ1) is 42.5. The van der Waals surface area contributed by atoms with Gasteiger partial charge in [-0.15, -0.1) is 0 Å². The number of piperazine rings is 2. The molecule has 12 rings (SSSR count). The Morgan fingerprint density at radius 2 is 1.09 bits per heavy atom. The van der Waals surface area contributed by atoms with Gasteiger partial charge in [0.25, 0.3) is 0 Å². The molecule has 10 heterocycles. The lowest BCUT2D eigenvalue weighted by molar-refractivity contribution is 0.475. The molecular formula is C49H44F2N18O. The van der Waals surface area contributed by atoms with Crippen LogP contribution in [0.15, 0.2) is 129 Å². The molecule has 2 fully saturated rings. The molecule has 0 radical (unpaired) electrons. The van der Waals surface area contributed by atoms with Crippen molar-refractivity contribution in [1.29, 1.82) is 0 Å². The van der Waals surface area contributed by atoms with Crippen molar-refractivity contribution in [3.63, 3.8) is 0 Å². The van der Waals surface area contributed by atoms with Crippen LogP contribution in [-0.2, 0) is 20.0 Å². The van der Waals surface area contributed by atoms with E-state index in [1.807, 2.05) is 70.3 Å². The Morgan fingerprint density at radius 3 is 1.74 bits per heavy atom. The van der Waals surface area contributed by atoms with Gasteiger partial charge in [-0.2, -0.15) is 20.4 Å². The largest absolute Gasteiger partial charge is 0.454 e. The van der Waals surface area contributed by atoms with E-state index >= 15 is 0 Å². The van der Waals surface area contributed by atoms with Gasteiger partial charge in [0.1, 0.15) is 41.3 Å². The Kier molecular flexibility index (Phi) is 10.9. The first-order valence-electron chi connectivity index (χ1n) is 22.9. The molecule has 2 aromatic carbocycles. The number of hydrogen-bond donors (Lipinski definition) is 0. The van der Waals surface area contributed by atoms with Crippen molar-refractivity contribution in [1.82, 2.24) is 68.7 Å². The van der Waals surface area contributed by atoms with Crippen LogP contribution in [0, 0.1) is 11.6 Å². The highest BCUT2D eigenvalue weighted by Crippen LogP contribution is 2.31. The number of ether oxygens (including phenoxy) is 1. The molecule has 0 N–H and O–H groups in total. The standard InChI is InChI=1S/C49H44F2N18O/c1-62-27-37(23-57-62)36-20-44-47(64-12-16-66(17-13-64)49-54-25-42(26-55-49)70-41-8-6-40(51)7-9-41)60-45(61-69(44)30-36)31-67-28-38(24-58-67)35-19-43-46(56-32-59-68(43)29-35)63-10-14-65(15-11-63)48-52-21-34(22-53-48)18-33-2-4-39(50)5-3-33/h2-9,19-30,32H,10-18,31H2,1H3. The predicted molar refractivity (Wildman–Crippen MR) is 257 cm³/mol. The summed E-state index contributed by atoms with van der Waals surface area (Å²) in [7, 11) is 1.90. The van der Waals surface area contributed by atoms with E-state index in [0.29, 0.717) is 68.4 Å². The third-order valence-corrected chi connectivity index (χ3v) is 12.6. The van der Waals surface area contributed by atoms with Crippen LogP contribution in [0.2, 0.25) is 0 Å². The van der Waals surface area contributed by atoms with Gasteiger partial charge in [-0.1, -0.05) is 12.1 Å². The number of aryl methyl sites for hydroxylation is 1. The van der Waals surface area contributed by atoms with Crippen LogP contribution in [0.25, 0.3) is 33.3 Å². The fourth-order valence-corrected chi connectivity index (χ4v) is 8.96. The fraction of sp³-hybridized carbons (Fsp3) is 0.224. The lowest BCUT2D eigenvalue weighted by Crippen LogP contribution is -2.47. The van der Waals surface area contributed by atoms with E-state index in [-0.39, 0.29) is 11.6 Å². The van der Waals surface area contributed by atoms with Crippen LogP contribution in [-0.4, -0.2) is 121 Å². The summed E-state index contributed by atoms with van der Waals surface area (Å²) in [5, 5.41) is 18.7. The maximum atomic E-state index is 13.4. The lowest BCUT2D eigenvalue weighted by Gasteiger charge is -2.35. The zero-order chi connectivity index (χ0) is 47.1. The first-order chi connectivity index (χ1) is 34.3. The second-order valence-electron chi connectivity index (χ2n) is 17.3. The van der Waals surface area contributed by atoms with Gasteiger partial charge in [-0.3, -0.25) is 9.36 Å². The highest BCUT2D eigenvalue weighted by Gasteiger charge is 2.26. The Labute approximate surface area is 398 Å². The molecule has 21 heteroatoms. The predicted octanol–water partition coefficient (Wildman–Crippen LogP) is 5.98. The minimum absolute atomic E-state index is 0.248. The Hall–Kier alpha value is -8.88. The Morgan fingerprint density at radius 1 is 0.514 bits per heavy atom. The van der Waals surface area contributed by atoms with Crippen molar-refractivity contribution >= 4 is 34.6 Å². The molecule has 10 aromatic rings. The molecule has 0 spiro atoms. The average molecular weight is 939 g/mol. The second kappa shape index (κ2) is 18.0. The molecule has 0 atom stereocenters.